The predicted molar refractivity (Wildman–Crippen MR) is 105 cm³/mol. The van der Waals surface area contributed by atoms with E-state index in [0.29, 0.717) is 37.4 Å². The molecule has 1 heterocycles. The summed E-state index contributed by atoms with van der Waals surface area (Å²) in [7, 11) is -3.39. The molecule has 6 nitrogen and oxygen atoms in total. The highest BCUT2D eigenvalue weighted by Gasteiger charge is 2.29. The van der Waals surface area contributed by atoms with E-state index < -0.39 is 10.0 Å². The van der Waals surface area contributed by atoms with Gasteiger partial charge in [0.25, 0.3) is 5.91 Å². The summed E-state index contributed by atoms with van der Waals surface area (Å²) in [5, 5.41) is 0. The Kier molecular flexibility index (Phi) is 6.63. The van der Waals surface area contributed by atoms with Crippen LogP contribution in [0.3, 0.4) is 0 Å². The number of carbonyl (C=O) groups is 1. The molecule has 26 heavy (non-hydrogen) atoms. The van der Waals surface area contributed by atoms with Crippen molar-refractivity contribution >= 4 is 34.0 Å². The zero-order valence-electron chi connectivity index (χ0n) is 14.2. The van der Waals surface area contributed by atoms with Crippen LogP contribution in [0.2, 0.25) is 0 Å². The molecule has 1 amide bonds. The highest BCUT2D eigenvalue weighted by atomic mass is 35.5. The summed E-state index contributed by atoms with van der Waals surface area (Å²) in [6, 6.07) is 16.0. The lowest BCUT2D eigenvalue weighted by atomic mass is 10.1. The Morgan fingerprint density at radius 1 is 0.923 bits per heavy atom. The van der Waals surface area contributed by atoms with Crippen molar-refractivity contribution < 1.29 is 13.2 Å². The first-order valence-electron chi connectivity index (χ1n) is 8.13. The van der Waals surface area contributed by atoms with Gasteiger partial charge in [0.2, 0.25) is 10.0 Å². The van der Waals surface area contributed by atoms with Gasteiger partial charge >= 0.3 is 0 Å². The number of benzene rings is 2. The third kappa shape index (κ3) is 4.55. The number of para-hydroxylation sites is 1. The predicted octanol–water partition coefficient (Wildman–Crippen LogP) is 1.98. The number of carbonyl (C=O) groups excluding carboxylic acids is 1. The van der Waals surface area contributed by atoms with Crippen LogP contribution in [-0.4, -0.2) is 49.7 Å². The smallest absolute Gasteiger partial charge is 0.256 e. The zero-order valence-corrected chi connectivity index (χ0v) is 15.9. The molecule has 0 spiro atoms. The fraction of sp³-hybridized carbons (Fsp3) is 0.278. The molecule has 0 saturated carbocycles. The average Bonchev–Trinajstić information content (AvgIpc) is 2.62. The van der Waals surface area contributed by atoms with Gasteiger partial charge in [-0.2, -0.15) is 4.31 Å². The Hall–Kier alpha value is -2.09. The van der Waals surface area contributed by atoms with Crippen LogP contribution in [0, 0.1) is 0 Å². The third-order valence-corrected chi connectivity index (χ3v) is 6.15. The maximum absolute atomic E-state index is 12.6. The average molecular weight is 396 g/mol. The summed E-state index contributed by atoms with van der Waals surface area (Å²) in [5.74, 6) is -0.175. The summed E-state index contributed by atoms with van der Waals surface area (Å²) in [6.07, 6.45) is 0. The van der Waals surface area contributed by atoms with E-state index in [1.54, 1.807) is 41.3 Å². The SMILES string of the molecule is Cl.Nc1ccccc1C(=O)N1CCN(S(=O)(=O)Cc2ccccc2)CC1. The molecular weight excluding hydrogens is 374 g/mol. The number of nitrogens with zero attached hydrogens (tertiary/aromatic N) is 2. The number of piperazine rings is 1. The summed E-state index contributed by atoms with van der Waals surface area (Å²) in [6.45, 7) is 1.32. The molecule has 2 N–H and O–H groups in total. The first-order chi connectivity index (χ1) is 12.0. The van der Waals surface area contributed by atoms with Gasteiger partial charge < -0.3 is 10.6 Å². The van der Waals surface area contributed by atoms with Crippen molar-refractivity contribution in [1.29, 1.82) is 0 Å². The summed E-state index contributed by atoms with van der Waals surface area (Å²) >= 11 is 0. The number of sulfonamides is 1. The number of nitrogen functional groups attached to an aromatic ring is 1. The molecule has 1 aliphatic heterocycles. The first kappa shape index (κ1) is 20.2. The fourth-order valence-electron chi connectivity index (χ4n) is 2.91. The Morgan fingerprint density at radius 2 is 1.50 bits per heavy atom. The molecule has 3 rings (SSSR count). The fourth-order valence-corrected chi connectivity index (χ4v) is 4.42. The number of halogens is 1. The van der Waals surface area contributed by atoms with Crippen molar-refractivity contribution in [3.8, 4) is 0 Å². The largest absolute Gasteiger partial charge is 0.398 e. The van der Waals surface area contributed by atoms with Gasteiger partial charge in [-0.3, -0.25) is 4.79 Å². The molecule has 140 valence electrons. The van der Waals surface area contributed by atoms with Gasteiger partial charge in [0.05, 0.1) is 11.3 Å². The molecule has 0 bridgehead atoms. The second kappa shape index (κ2) is 8.53. The summed E-state index contributed by atoms with van der Waals surface area (Å²) < 4.78 is 26.6. The number of hydrogen-bond donors (Lipinski definition) is 1. The van der Waals surface area contributed by atoms with Gasteiger partial charge in [0.15, 0.2) is 0 Å². The molecule has 2 aromatic carbocycles. The number of anilines is 1. The van der Waals surface area contributed by atoms with Crippen molar-refractivity contribution in [2.75, 3.05) is 31.9 Å². The molecular formula is C18H22ClN3O3S. The van der Waals surface area contributed by atoms with Crippen LogP contribution in [0.4, 0.5) is 5.69 Å². The Labute approximate surface area is 160 Å². The van der Waals surface area contributed by atoms with Gasteiger partial charge in [-0.05, 0) is 17.7 Å². The molecule has 0 aliphatic carbocycles. The Morgan fingerprint density at radius 3 is 2.12 bits per heavy atom. The van der Waals surface area contributed by atoms with Crippen LogP contribution in [-0.2, 0) is 15.8 Å². The highest BCUT2D eigenvalue weighted by molar-refractivity contribution is 7.88. The van der Waals surface area contributed by atoms with Crippen LogP contribution in [0.15, 0.2) is 54.6 Å². The minimum atomic E-state index is -3.39. The normalized spacial score (nSPS) is 15.3. The maximum atomic E-state index is 12.6. The van der Waals surface area contributed by atoms with E-state index in [9.17, 15) is 13.2 Å². The molecule has 2 aromatic rings. The third-order valence-electron chi connectivity index (χ3n) is 4.30. The van der Waals surface area contributed by atoms with E-state index in [4.69, 9.17) is 5.73 Å². The van der Waals surface area contributed by atoms with Gasteiger partial charge in [0.1, 0.15) is 0 Å². The van der Waals surface area contributed by atoms with Crippen LogP contribution < -0.4 is 5.73 Å². The van der Waals surface area contributed by atoms with E-state index in [1.807, 2.05) is 18.2 Å². The summed E-state index contributed by atoms with van der Waals surface area (Å²) in [5.41, 5.74) is 7.52. The topological polar surface area (TPSA) is 83.7 Å². The van der Waals surface area contributed by atoms with E-state index in [0.717, 1.165) is 5.56 Å². The quantitative estimate of drug-likeness (QED) is 0.802. The van der Waals surface area contributed by atoms with Gasteiger partial charge in [0, 0.05) is 31.9 Å². The van der Waals surface area contributed by atoms with Gasteiger partial charge in [-0.1, -0.05) is 42.5 Å². The van der Waals surface area contributed by atoms with Crippen LogP contribution >= 0.6 is 12.4 Å². The second-order valence-corrected chi connectivity index (χ2v) is 7.99. The molecule has 0 atom stereocenters. The number of nitrogens with two attached hydrogens (primary N) is 1. The maximum Gasteiger partial charge on any atom is 0.256 e. The van der Waals surface area contributed by atoms with Crippen LogP contribution in [0.1, 0.15) is 15.9 Å². The lowest BCUT2D eigenvalue weighted by Gasteiger charge is -2.34. The molecule has 1 fully saturated rings. The van der Waals surface area contributed by atoms with E-state index in [-0.39, 0.29) is 24.1 Å². The van der Waals surface area contributed by atoms with Gasteiger partial charge in [-0.25, -0.2) is 8.42 Å². The zero-order chi connectivity index (χ0) is 17.9. The first-order valence-corrected chi connectivity index (χ1v) is 9.74. The Bertz CT molecular complexity index is 851. The van der Waals surface area contributed by atoms with Crippen LogP contribution in [0.25, 0.3) is 0 Å². The van der Waals surface area contributed by atoms with Crippen LogP contribution in [0.5, 0.6) is 0 Å². The van der Waals surface area contributed by atoms with Gasteiger partial charge in [-0.15, -0.1) is 12.4 Å². The highest BCUT2D eigenvalue weighted by Crippen LogP contribution is 2.17. The number of hydrogen-bond acceptors (Lipinski definition) is 4. The van der Waals surface area contributed by atoms with E-state index in [1.165, 1.54) is 4.31 Å². The molecule has 0 radical (unpaired) electrons. The minimum absolute atomic E-state index is 0. The van der Waals surface area contributed by atoms with Crippen molar-refractivity contribution in [3.05, 3.63) is 65.7 Å². The second-order valence-electron chi connectivity index (χ2n) is 6.02. The molecule has 1 aliphatic rings. The van der Waals surface area contributed by atoms with Crippen molar-refractivity contribution in [1.82, 2.24) is 9.21 Å². The van der Waals surface area contributed by atoms with Crippen molar-refractivity contribution in [2.45, 2.75) is 5.75 Å². The lowest BCUT2D eigenvalue weighted by molar-refractivity contribution is 0.0699. The molecule has 0 aromatic heterocycles. The molecule has 0 unspecified atom stereocenters. The van der Waals surface area contributed by atoms with Crippen molar-refractivity contribution in [2.24, 2.45) is 0 Å². The number of rotatable bonds is 4. The van der Waals surface area contributed by atoms with Crippen molar-refractivity contribution in [3.63, 3.8) is 0 Å². The minimum Gasteiger partial charge on any atom is -0.398 e. The molecule has 1 saturated heterocycles. The lowest BCUT2D eigenvalue weighted by Crippen LogP contribution is -2.50. The van der Waals surface area contributed by atoms with E-state index >= 15 is 0 Å². The monoisotopic (exact) mass is 395 g/mol. The summed E-state index contributed by atoms with van der Waals surface area (Å²) in [4.78, 5) is 14.2. The molecule has 8 heteroatoms. The number of amides is 1. The Balaban J connectivity index is 0.00000243. The standard InChI is InChI=1S/C18H21N3O3S.ClH/c19-17-9-5-4-8-16(17)18(22)20-10-12-21(13-11-20)25(23,24)14-15-6-2-1-3-7-15;/h1-9H,10-14,19H2;1H. The van der Waals surface area contributed by atoms with E-state index in [2.05, 4.69) is 0 Å².